The number of unbranched alkanes of at least 4 members (excludes halogenated alkanes) is 1. The Labute approximate surface area is 74.8 Å². The summed E-state index contributed by atoms with van der Waals surface area (Å²) in [7, 11) is 0. The Balaban J connectivity index is 3.42. The van der Waals surface area contributed by atoms with E-state index in [9.17, 15) is 4.79 Å². The number of primary amides is 1. The third-order valence-electron chi connectivity index (χ3n) is 1.71. The van der Waals surface area contributed by atoms with Gasteiger partial charge in [-0.2, -0.15) is 0 Å². The minimum absolute atomic E-state index is 0.202. The zero-order valence-electron chi connectivity index (χ0n) is 8.05. The first-order valence-corrected chi connectivity index (χ1v) is 4.60. The number of hydrogen-bond donors (Lipinski definition) is 1. The maximum absolute atomic E-state index is 10.5. The molecular formula is C10H19NO. The van der Waals surface area contributed by atoms with Gasteiger partial charge in [-0.3, -0.25) is 4.79 Å². The molecule has 0 saturated carbocycles. The maximum atomic E-state index is 10.5. The van der Waals surface area contributed by atoms with E-state index in [0.29, 0.717) is 12.3 Å². The van der Waals surface area contributed by atoms with Gasteiger partial charge in [0.05, 0.1) is 0 Å². The molecule has 12 heavy (non-hydrogen) atoms. The van der Waals surface area contributed by atoms with E-state index in [4.69, 9.17) is 5.73 Å². The van der Waals surface area contributed by atoms with Crippen molar-refractivity contribution >= 4 is 5.91 Å². The van der Waals surface area contributed by atoms with Gasteiger partial charge >= 0.3 is 0 Å². The van der Waals surface area contributed by atoms with Gasteiger partial charge in [0.1, 0.15) is 0 Å². The fourth-order valence-corrected chi connectivity index (χ4v) is 1.04. The molecule has 70 valence electrons. The summed E-state index contributed by atoms with van der Waals surface area (Å²) in [4.78, 5) is 10.5. The van der Waals surface area contributed by atoms with Gasteiger partial charge in [0.15, 0.2) is 0 Å². The molecule has 0 saturated heterocycles. The number of carbonyl (C=O) groups excluding carboxylic acids is 1. The second kappa shape index (κ2) is 6.89. The zero-order valence-corrected chi connectivity index (χ0v) is 8.05. The highest BCUT2D eigenvalue weighted by molar-refractivity contribution is 5.73. The molecule has 0 aliphatic rings. The van der Waals surface area contributed by atoms with Crippen molar-refractivity contribution in [1.29, 1.82) is 0 Å². The second-order valence-electron chi connectivity index (χ2n) is 3.27. The van der Waals surface area contributed by atoms with E-state index in [1.54, 1.807) is 0 Å². The van der Waals surface area contributed by atoms with Gasteiger partial charge in [-0.05, 0) is 18.8 Å². The maximum Gasteiger partial charge on any atom is 0.217 e. The summed E-state index contributed by atoms with van der Waals surface area (Å²) in [6.07, 6.45) is 8.07. The standard InChI is InChI=1S/C10H19NO/c1-3-4-5-6-7-9(2)8-10(11)12/h5-6,9H,3-4,7-8H2,1-2H3,(H2,11,12)/b6-5-. The van der Waals surface area contributed by atoms with E-state index >= 15 is 0 Å². The van der Waals surface area contributed by atoms with E-state index in [-0.39, 0.29) is 5.91 Å². The SMILES string of the molecule is CCC/C=C\CC(C)CC(N)=O. The summed E-state index contributed by atoms with van der Waals surface area (Å²) >= 11 is 0. The number of allylic oxidation sites excluding steroid dienone is 2. The molecule has 1 amide bonds. The van der Waals surface area contributed by atoms with Crippen molar-refractivity contribution in [1.82, 2.24) is 0 Å². The van der Waals surface area contributed by atoms with Crippen LogP contribution in [0.4, 0.5) is 0 Å². The first kappa shape index (κ1) is 11.2. The summed E-state index contributed by atoms with van der Waals surface area (Å²) in [5.41, 5.74) is 5.06. The van der Waals surface area contributed by atoms with Crippen LogP contribution in [0.1, 0.15) is 39.5 Å². The lowest BCUT2D eigenvalue weighted by Crippen LogP contribution is -2.14. The predicted octanol–water partition coefficient (Wildman–Crippen LogP) is 2.24. The first-order valence-electron chi connectivity index (χ1n) is 4.60. The van der Waals surface area contributed by atoms with Crippen molar-refractivity contribution in [3.8, 4) is 0 Å². The molecule has 0 aliphatic carbocycles. The van der Waals surface area contributed by atoms with E-state index in [2.05, 4.69) is 19.1 Å². The molecule has 0 rings (SSSR count). The predicted molar refractivity (Wildman–Crippen MR) is 51.6 cm³/mol. The largest absolute Gasteiger partial charge is 0.370 e. The summed E-state index contributed by atoms with van der Waals surface area (Å²) < 4.78 is 0. The summed E-state index contributed by atoms with van der Waals surface area (Å²) in [5, 5.41) is 0. The molecule has 2 heteroatoms. The Morgan fingerprint density at radius 1 is 1.50 bits per heavy atom. The number of nitrogens with two attached hydrogens (primary N) is 1. The molecule has 0 fully saturated rings. The molecule has 0 aliphatic heterocycles. The Morgan fingerprint density at radius 2 is 2.17 bits per heavy atom. The average Bonchev–Trinajstić information content (AvgIpc) is 1.97. The molecule has 0 heterocycles. The van der Waals surface area contributed by atoms with Crippen LogP contribution in [0, 0.1) is 5.92 Å². The third-order valence-corrected chi connectivity index (χ3v) is 1.71. The quantitative estimate of drug-likeness (QED) is 0.609. The molecule has 0 radical (unpaired) electrons. The summed E-state index contributed by atoms with van der Waals surface area (Å²) in [6, 6.07) is 0. The van der Waals surface area contributed by atoms with Crippen molar-refractivity contribution in [2.75, 3.05) is 0 Å². The lowest BCUT2D eigenvalue weighted by Gasteiger charge is -2.03. The van der Waals surface area contributed by atoms with Crippen LogP contribution in [-0.2, 0) is 4.79 Å². The minimum Gasteiger partial charge on any atom is -0.370 e. The van der Waals surface area contributed by atoms with E-state index in [1.807, 2.05) is 6.92 Å². The number of carbonyl (C=O) groups is 1. The van der Waals surface area contributed by atoms with E-state index in [0.717, 1.165) is 12.8 Å². The number of rotatable bonds is 6. The van der Waals surface area contributed by atoms with Crippen molar-refractivity contribution < 1.29 is 4.79 Å². The molecule has 0 aromatic heterocycles. The van der Waals surface area contributed by atoms with Crippen LogP contribution in [0.3, 0.4) is 0 Å². The van der Waals surface area contributed by atoms with Crippen molar-refractivity contribution in [3.63, 3.8) is 0 Å². The third kappa shape index (κ3) is 7.32. The number of amides is 1. The monoisotopic (exact) mass is 169 g/mol. The lowest BCUT2D eigenvalue weighted by atomic mass is 10.0. The van der Waals surface area contributed by atoms with Gasteiger partial charge in [0, 0.05) is 6.42 Å². The summed E-state index contributed by atoms with van der Waals surface area (Å²) in [6.45, 7) is 4.19. The molecule has 2 N–H and O–H groups in total. The van der Waals surface area contributed by atoms with Crippen LogP contribution in [0.15, 0.2) is 12.2 Å². The molecular weight excluding hydrogens is 150 g/mol. The molecule has 1 atom stereocenters. The van der Waals surface area contributed by atoms with Crippen LogP contribution >= 0.6 is 0 Å². The van der Waals surface area contributed by atoms with Crippen LogP contribution in [0.2, 0.25) is 0 Å². The van der Waals surface area contributed by atoms with Crippen molar-refractivity contribution in [2.45, 2.75) is 39.5 Å². The highest BCUT2D eigenvalue weighted by Crippen LogP contribution is 2.07. The van der Waals surface area contributed by atoms with Gasteiger partial charge in [-0.25, -0.2) is 0 Å². The normalized spacial score (nSPS) is 13.5. The van der Waals surface area contributed by atoms with Crippen LogP contribution in [0.5, 0.6) is 0 Å². The van der Waals surface area contributed by atoms with Gasteiger partial charge < -0.3 is 5.73 Å². The van der Waals surface area contributed by atoms with E-state index < -0.39 is 0 Å². The van der Waals surface area contributed by atoms with Gasteiger partial charge in [0.25, 0.3) is 0 Å². The lowest BCUT2D eigenvalue weighted by molar-refractivity contribution is -0.118. The van der Waals surface area contributed by atoms with E-state index in [1.165, 1.54) is 6.42 Å². The highest BCUT2D eigenvalue weighted by atomic mass is 16.1. The van der Waals surface area contributed by atoms with Crippen molar-refractivity contribution in [3.05, 3.63) is 12.2 Å². The van der Waals surface area contributed by atoms with Gasteiger partial charge in [-0.15, -0.1) is 0 Å². The Bertz CT molecular complexity index is 152. The Morgan fingerprint density at radius 3 is 2.67 bits per heavy atom. The van der Waals surface area contributed by atoms with Gasteiger partial charge in [0.2, 0.25) is 5.91 Å². The second-order valence-corrected chi connectivity index (χ2v) is 3.27. The number of hydrogen-bond acceptors (Lipinski definition) is 1. The average molecular weight is 169 g/mol. The molecule has 1 unspecified atom stereocenters. The summed E-state index contributed by atoms with van der Waals surface area (Å²) in [5.74, 6) is 0.182. The molecule has 0 spiro atoms. The molecule has 0 aromatic rings. The molecule has 0 bridgehead atoms. The molecule has 0 aromatic carbocycles. The minimum atomic E-state index is -0.202. The topological polar surface area (TPSA) is 43.1 Å². The fourth-order valence-electron chi connectivity index (χ4n) is 1.04. The fraction of sp³-hybridized carbons (Fsp3) is 0.700. The van der Waals surface area contributed by atoms with Gasteiger partial charge in [-0.1, -0.05) is 32.4 Å². The van der Waals surface area contributed by atoms with Crippen LogP contribution in [0.25, 0.3) is 0 Å². The Hall–Kier alpha value is -0.790. The first-order chi connectivity index (χ1) is 5.66. The smallest absolute Gasteiger partial charge is 0.217 e. The zero-order chi connectivity index (χ0) is 9.40. The van der Waals surface area contributed by atoms with Crippen LogP contribution < -0.4 is 5.73 Å². The van der Waals surface area contributed by atoms with Crippen LogP contribution in [-0.4, -0.2) is 5.91 Å². The molecule has 2 nitrogen and oxygen atoms in total. The Kier molecular flexibility index (Phi) is 6.44. The highest BCUT2D eigenvalue weighted by Gasteiger charge is 2.02. The van der Waals surface area contributed by atoms with Crippen molar-refractivity contribution in [2.24, 2.45) is 11.7 Å².